The second-order valence-electron chi connectivity index (χ2n) is 16.0. The Labute approximate surface area is 309 Å². The molecule has 2 nitrogen and oxygen atoms in total. The van der Waals surface area contributed by atoms with Crippen LogP contribution in [0.1, 0.15) is 0 Å². The lowest BCUT2D eigenvalue weighted by Crippen LogP contribution is -2.52. The highest BCUT2D eigenvalue weighted by Gasteiger charge is 2.29. The molecule has 0 amide bonds. The first kappa shape index (κ1) is 33.9. The first-order chi connectivity index (χ1) is 25.0. The molecule has 0 saturated heterocycles. The molecule has 7 aromatic carbocycles. The lowest BCUT2D eigenvalue weighted by molar-refractivity contribution is 0.487. The summed E-state index contributed by atoms with van der Waals surface area (Å²) in [7, 11) is -2.91. The third-order valence-corrected chi connectivity index (χ3v) is 14.5. The van der Waals surface area contributed by atoms with Crippen molar-refractivity contribution >= 4 is 77.5 Å². The van der Waals surface area contributed by atoms with Gasteiger partial charge in [0.2, 0.25) is 6.71 Å². The molecule has 0 saturated carbocycles. The smallest absolute Gasteiger partial charge is 0.241 e. The highest BCUT2D eigenvalue weighted by Crippen LogP contribution is 2.48. The number of ether oxygens (including phenoxy) is 1. The van der Waals surface area contributed by atoms with E-state index in [9.17, 15) is 4.39 Å². The third-order valence-electron chi connectivity index (χ3n) is 10.4. The summed E-state index contributed by atoms with van der Waals surface area (Å²) in [4.78, 5) is 2.35. The van der Waals surface area contributed by atoms with E-state index >= 15 is 0 Å². The van der Waals surface area contributed by atoms with Crippen LogP contribution in [0.2, 0.25) is 39.3 Å². The van der Waals surface area contributed by atoms with Crippen LogP contribution in [0.5, 0.6) is 11.5 Å². The fourth-order valence-electron chi connectivity index (χ4n) is 7.55. The van der Waals surface area contributed by atoms with E-state index in [2.05, 4.69) is 166 Å². The van der Waals surface area contributed by atoms with Crippen molar-refractivity contribution in [2.24, 2.45) is 0 Å². The molecule has 0 fully saturated rings. The molecule has 7 aromatic rings. The number of fused-ring (bicyclic) bond motifs is 2. The molecule has 0 aromatic heterocycles. The molecule has 0 atom stereocenters. The molecule has 1 aliphatic rings. The van der Waals surface area contributed by atoms with E-state index in [0.29, 0.717) is 0 Å². The van der Waals surface area contributed by atoms with E-state index in [0.717, 1.165) is 66.8 Å². The normalized spacial score (nSPS) is 12.3. The fourth-order valence-corrected chi connectivity index (χ4v) is 9.89. The fraction of sp³-hybridized carbons (Fsp3) is 0.130. The topological polar surface area (TPSA) is 12.5 Å². The van der Waals surface area contributed by atoms with E-state index in [1.807, 2.05) is 18.2 Å². The van der Waals surface area contributed by atoms with Crippen molar-refractivity contribution in [3.63, 3.8) is 0 Å². The van der Waals surface area contributed by atoms with Crippen LogP contribution in [0.25, 0.3) is 21.9 Å². The summed E-state index contributed by atoms with van der Waals surface area (Å²) in [5.41, 5.74) is 8.89. The van der Waals surface area contributed by atoms with Crippen LogP contribution in [-0.4, -0.2) is 22.9 Å². The summed E-state index contributed by atoms with van der Waals surface area (Å²) < 4.78 is 20.9. The maximum Gasteiger partial charge on any atom is 0.241 e. The quantitative estimate of drug-likeness (QED) is 0.146. The van der Waals surface area contributed by atoms with Crippen LogP contribution in [-0.2, 0) is 0 Å². The van der Waals surface area contributed by atoms with Crippen molar-refractivity contribution in [2.45, 2.75) is 39.3 Å². The van der Waals surface area contributed by atoms with Gasteiger partial charge in [0.15, 0.2) is 0 Å². The molecule has 256 valence electrons. The van der Waals surface area contributed by atoms with Gasteiger partial charge in [-0.3, -0.25) is 0 Å². The zero-order valence-electron chi connectivity index (χ0n) is 30.7. The van der Waals surface area contributed by atoms with Crippen molar-refractivity contribution in [3.8, 4) is 22.6 Å². The van der Waals surface area contributed by atoms with Crippen molar-refractivity contribution in [1.82, 2.24) is 0 Å². The average Bonchev–Trinajstić information content (AvgIpc) is 3.13. The summed E-state index contributed by atoms with van der Waals surface area (Å²) in [6, 6.07) is 53.1. The number of rotatable bonds is 8. The number of hydrogen-bond acceptors (Lipinski definition) is 2. The number of halogens is 1. The number of benzene rings is 7. The molecule has 8 rings (SSSR count). The van der Waals surface area contributed by atoms with Crippen molar-refractivity contribution in [3.05, 3.63) is 157 Å². The predicted molar refractivity (Wildman–Crippen MR) is 228 cm³/mol. The van der Waals surface area contributed by atoms with E-state index in [-0.39, 0.29) is 12.5 Å². The van der Waals surface area contributed by atoms with Crippen LogP contribution < -0.4 is 36.4 Å². The van der Waals surface area contributed by atoms with Gasteiger partial charge in [0.05, 0.1) is 16.1 Å². The Bertz CT molecular complexity index is 2340. The van der Waals surface area contributed by atoms with Gasteiger partial charge in [-0.25, -0.2) is 4.39 Å². The average molecular weight is 712 g/mol. The maximum atomic E-state index is 14.1. The zero-order valence-corrected chi connectivity index (χ0v) is 32.7. The van der Waals surface area contributed by atoms with Crippen LogP contribution in [0, 0.1) is 5.82 Å². The molecule has 0 spiro atoms. The Morgan fingerprint density at radius 1 is 0.500 bits per heavy atom. The lowest BCUT2D eigenvalue weighted by atomic mass is 9.36. The molecule has 6 heteroatoms. The van der Waals surface area contributed by atoms with Gasteiger partial charge >= 0.3 is 0 Å². The minimum Gasteiger partial charge on any atom is -0.456 e. The second-order valence-corrected chi connectivity index (χ2v) is 26.1. The van der Waals surface area contributed by atoms with Gasteiger partial charge in [-0.15, -0.1) is 0 Å². The monoisotopic (exact) mass is 711 g/mol. The maximum absolute atomic E-state index is 14.1. The van der Waals surface area contributed by atoms with Crippen LogP contribution >= 0.6 is 0 Å². The van der Waals surface area contributed by atoms with E-state index in [4.69, 9.17) is 4.74 Å². The minimum atomic E-state index is -1.46. The molecule has 0 aliphatic carbocycles. The van der Waals surface area contributed by atoms with Gasteiger partial charge in [0.1, 0.15) is 17.3 Å². The van der Waals surface area contributed by atoms with Gasteiger partial charge < -0.3 is 9.64 Å². The molecule has 0 bridgehead atoms. The Morgan fingerprint density at radius 2 is 1.06 bits per heavy atom. The summed E-state index contributed by atoms with van der Waals surface area (Å²) >= 11 is 0. The number of nitrogens with zero attached hydrogens (tertiary/aromatic N) is 1. The van der Waals surface area contributed by atoms with Gasteiger partial charge in [-0.05, 0) is 65.5 Å². The van der Waals surface area contributed by atoms with E-state index in [1.165, 1.54) is 10.4 Å². The number of anilines is 3. The Hall–Kier alpha value is -5.17. The molecule has 0 unspecified atom stereocenters. The molecule has 0 radical (unpaired) electrons. The van der Waals surface area contributed by atoms with E-state index in [1.54, 1.807) is 12.1 Å². The molecular formula is C46H43BFNOSi2. The summed E-state index contributed by atoms with van der Waals surface area (Å²) in [6.07, 6.45) is 0. The Balaban J connectivity index is 1.25. The molecule has 1 aliphatic heterocycles. The van der Waals surface area contributed by atoms with Gasteiger partial charge in [0.25, 0.3) is 0 Å². The van der Waals surface area contributed by atoms with E-state index < -0.39 is 16.1 Å². The lowest BCUT2D eigenvalue weighted by Gasteiger charge is -2.29. The van der Waals surface area contributed by atoms with Crippen LogP contribution in [0.3, 0.4) is 0 Å². The largest absolute Gasteiger partial charge is 0.456 e. The Kier molecular flexibility index (Phi) is 8.56. The highest BCUT2D eigenvalue weighted by atomic mass is 28.3. The van der Waals surface area contributed by atoms with Crippen molar-refractivity contribution < 1.29 is 9.13 Å². The van der Waals surface area contributed by atoms with Gasteiger partial charge in [-0.2, -0.15) is 0 Å². The predicted octanol–water partition coefficient (Wildman–Crippen LogP) is 9.83. The second kappa shape index (κ2) is 13.1. The zero-order chi connectivity index (χ0) is 36.2. The van der Waals surface area contributed by atoms with Crippen molar-refractivity contribution in [1.29, 1.82) is 0 Å². The van der Waals surface area contributed by atoms with Crippen molar-refractivity contribution in [2.75, 3.05) is 4.90 Å². The molecule has 0 N–H and O–H groups in total. The standard InChI is InChI=1S/C46H43BFNOSi2/c1-51(2,3)38-24-19-35(20-25-38)49(36-21-26-39(27-22-36)52(4,5)6)37-23-28-40-41-29-30-43(42-13-10-14-44(46(41)42)50-45(40)31-37)47(32-11-8-7-9-12-32)33-15-17-34(48)18-16-33/h7-31H,1-6H3. The third kappa shape index (κ3) is 6.31. The van der Waals surface area contributed by atoms with Gasteiger partial charge in [-0.1, -0.05) is 157 Å². The number of hydrogen-bond donors (Lipinski definition) is 0. The summed E-state index contributed by atoms with van der Waals surface area (Å²) in [6.45, 7) is 14.3. The molecular weight excluding hydrogens is 668 g/mol. The highest BCUT2D eigenvalue weighted by molar-refractivity contribution is 6.97. The summed E-state index contributed by atoms with van der Waals surface area (Å²) in [5.74, 6) is 1.45. The SMILES string of the molecule is C[Si](C)(C)c1ccc(N(c2ccc([Si](C)(C)C)cc2)c2ccc3c(c2)Oc2cccc4c(B(c5ccccc5)c5ccc(F)cc5)ccc-3c24)cc1. The first-order valence-corrected chi connectivity index (χ1v) is 25.2. The molecule has 52 heavy (non-hydrogen) atoms. The van der Waals surface area contributed by atoms with Crippen LogP contribution in [0.4, 0.5) is 21.5 Å². The van der Waals surface area contributed by atoms with Gasteiger partial charge in [0, 0.05) is 34.1 Å². The van der Waals surface area contributed by atoms with Crippen LogP contribution in [0.15, 0.2) is 152 Å². The summed E-state index contributed by atoms with van der Waals surface area (Å²) in [5, 5.41) is 5.12. The Morgan fingerprint density at radius 3 is 1.65 bits per heavy atom. The minimum absolute atomic E-state index is 0.0666. The molecule has 1 heterocycles. The first-order valence-electron chi connectivity index (χ1n) is 18.2.